The lowest BCUT2D eigenvalue weighted by atomic mass is 9.85. The van der Waals surface area contributed by atoms with Crippen molar-refractivity contribution in [1.82, 2.24) is 10.2 Å². The molecule has 0 aromatic carbocycles. The molecule has 1 saturated carbocycles. The normalized spacial score (nSPS) is 21.6. The summed E-state index contributed by atoms with van der Waals surface area (Å²) in [4.78, 5) is 24.6. The molecule has 0 unspecified atom stereocenters. The molecule has 7 heteroatoms. The molecule has 1 fully saturated rings. The van der Waals surface area contributed by atoms with E-state index in [-0.39, 0.29) is 30.3 Å². The van der Waals surface area contributed by atoms with E-state index in [2.05, 4.69) is 21.2 Å². The predicted molar refractivity (Wildman–Crippen MR) is 75.6 cm³/mol. The van der Waals surface area contributed by atoms with Gasteiger partial charge in [0.15, 0.2) is 0 Å². The molecule has 0 bridgehead atoms. The van der Waals surface area contributed by atoms with Crippen molar-refractivity contribution in [2.75, 3.05) is 13.1 Å². The minimum atomic E-state index is -0.821. The number of carboxylic acids is 1. The number of nitrogens with one attached hydrogen (secondary N) is 1. The second kappa shape index (κ2) is 6.41. The first-order valence-corrected chi connectivity index (χ1v) is 7.30. The van der Waals surface area contributed by atoms with Gasteiger partial charge in [-0.2, -0.15) is 0 Å². The lowest BCUT2D eigenvalue weighted by Crippen LogP contribution is -2.54. The zero-order valence-corrected chi connectivity index (χ0v) is 12.7. The monoisotopic (exact) mass is 344 g/mol. The molecule has 0 saturated heterocycles. The molecule has 6 nitrogen and oxygen atoms in total. The maximum atomic E-state index is 11.9. The van der Waals surface area contributed by atoms with Crippen LogP contribution in [0.5, 0.6) is 0 Å². The van der Waals surface area contributed by atoms with E-state index in [9.17, 15) is 9.59 Å². The Hall–Kier alpha value is -1.34. The minimum absolute atomic E-state index is 0.0472. The van der Waals surface area contributed by atoms with Gasteiger partial charge in [0.05, 0.1) is 17.3 Å². The van der Waals surface area contributed by atoms with E-state index in [1.807, 2.05) is 11.8 Å². The topological polar surface area (TPSA) is 82.8 Å². The summed E-state index contributed by atoms with van der Waals surface area (Å²) in [5, 5.41) is 11.7. The van der Waals surface area contributed by atoms with Crippen molar-refractivity contribution in [3.05, 3.63) is 22.6 Å². The van der Waals surface area contributed by atoms with Crippen LogP contribution in [0.2, 0.25) is 0 Å². The van der Waals surface area contributed by atoms with E-state index in [0.29, 0.717) is 11.0 Å². The molecule has 0 radical (unpaired) electrons. The van der Waals surface area contributed by atoms with Gasteiger partial charge in [-0.05, 0) is 41.4 Å². The number of furan rings is 1. The first kappa shape index (κ1) is 15.1. The zero-order chi connectivity index (χ0) is 14.7. The van der Waals surface area contributed by atoms with Crippen LogP contribution in [0.4, 0.5) is 0 Å². The summed E-state index contributed by atoms with van der Waals surface area (Å²) in [5.74, 6) is -0.795. The van der Waals surface area contributed by atoms with Crippen molar-refractivity contribution in [3.8, 4) is 0 Å². The van der Waals surface area contributed by atoms with Crippen LogP contribution in [0.1, 0.15) is 30.3 Å². The van der Waals surface area contributed by atoms with Gasteiger partial charge in [0, 0.05) is 12.1 Å². The summed E-state index contributed by atoms with van der Waals surface area (Å²) >= 11 is 3.24. The summed E-state index contributed by atoms with van der Waals surface area (Å²) < 4.78 is 5.73. The zero-order valence-electron chi connectivity index (χ0n) is 11.1. The number of carbonyl (C=O) groups excluding carboxylic acids is 1. The fraction of sp³-hybridized carbons (Fsp3) is 0.538. The molecular formula is C13H17BrN2O4. The molecule has 1 aliphatic rings. The standard InChI is InChI=1S/C13H17BrN2O4/c1-2-16(7-11(17)18)9-5-8(6-9)15-13(19)12-10(14)3-4-20-12/h3-4,8-9H,2,5-7H2,1H3,(H,15,19)(H,17,18). The quantitative estimate of drug-likeness (QED) is 0.820. The highest BCUT2D eigenvalue weighted by atomic mass is 79.9. The molecule has 1 aromatic rings. The molecule has 0 aliphatic heterocycles. The van der Waals surface area contributed by atoms with Crippen LogP contribution in [-0.2, 0) is 4.79 Å². The SMILES string of the molecule is CCN(CC(=O)O)C1CC(NC(=O)c2occc2Br)C1. The number of nitrogens with zero attached hydrogens (tertiary/aromatic N) is 1. The van der Waals surface area contributed by atoms with Crippen LogP contribution in [0.25, 0.3) is 0 Å². The van der Waals surface area contributed by atoms with Crippen molar-refractivity contribution >= 4 is 27.8 Å². The predicted octanol–water partition coefficient (Wildman–Crippen LogP) is 1.71. The van der Waals surface area contributed by atoms with Gasteiger partial charge in [0.2, 0.25) is 5.76 Å². The first-order chi connectivity index (χ1) is 9.51. The third-order valence-electron chi connectivity index (χ3n) is 3.53. The molecule has 1 heterocycles. The number of halogens is 1. The van der Waals surface area contributed by atoms with Gasteiger partial charge < -0.3 is 14.8 Å². The number of rotatable bonds is 6. The maximum absolute atomic E-state index is 11.9. The van der Waals surface area contributed by atoms with E-state index >= 15 is 0 Å². The van der Waals surface area contributed by atoms with E-state index in [0.717, 1.165) is 12.8 Å². The largest absolute Gasteiger partial charge is 0.480 e. The van der Waals surface area contributed by atoms with Gasteiger partial charge in [0.25, 0.3) is 5.91 Å². The van der Waals surface area contributed by atoms with E-state index in [1.54, 1.807) is 6.07 Å². The molecular weight excluding hydrogens is 328 g/mol. The van der Waals surface area contributed by atoms with Crippen LogP contribution in [0, 0.1) is 0 Å². The number of aliphatic carboxylic acids is 1. The van der Waals surface area contributed by atoms with Crippen molar-refractivity contribution in [2.45, 2.75) is 31.8 Å². The van der Waals surface area contributed by atoms with E-state index < -0.39 is 5.97 Å². The number of hydrogen-bond donors (Lipinski definition) is 2. The maximum Gasteiger partial charge on any atom is 0.317 e. The number of hydrogen-bond acceptors (Lipinski definition) is 4. The van der Waals surface area contributed by atoms with Gasteiger partial charge in [-0.3, -0.25) is 14.5 Å². The second-order valence-electron chi connectivity index (χ2n) is 4.85. The fourth-order valence-corrected chi connectivity index (χ4v) is 2.76. The molecule has 110 valence electrons. The number of carbonyl (C=O) groups is 2. The third kappa shape index (κ3) is 3.40. The van der Waals surface area contributed by atoms with Crippen molar-refractivity contribution in [1.29, 1.82) is 0 Å². The van der Waals surface area contributed by atoms with Crippen LogP contribution in [0.15, 0.2) is 21.2 Å². The minimum Gasteiger partial charge on any atom is -0.480 e. The van der Waals surface area contributed by atoms with Crippen LogP contribution >= 0.6 is 15.9 Å². The summed E-state index contributed by atoms with van der Waals surface area (Å²) in [6.45, 7) is 2.68. The summed E-state index contributed by atoms with van der Waals surface area (Å²) in [7, 11) is 0. The molecule has 1 aliphatic carbocycles. The molecule has 0 spiro atoms. The van der Waals surface area contributed by atoms with Gasteiger partial charge in [-0.25, -0.2) is 0 Å². The Bertz CT molecular complexity index is 496. The molecule has 1 aromatic heterocycles. The number of carboxylic acid groups (broad SMARTS) is 1. The lowest BCUT2D eigenvalue weighted by molar-refractivity contribution is -0.139. The molecule has 1 amide bonds. The van der Waals surface area contributed by atoms with Gasteiger partial charge >= 0.3 is 5.97 Å². The second-order valence-corrected chi connectivity index (χ2v) is 5.70. The van der Waals surface area contributed by atoms with E-state index in [4.69, 9.17) is 9.52 Å². The highest BCUT2D eigenvalue weighted by molar-refractivity contribution is 9.10. The number of likely N-dealkylation sites (N-methyl/N-ethyl adjacent to an activating group) is 1. The van der Waals surface area contributed by atoms with Crippen LogP contribution in [-0.4, -0.2) is 47.1 Å². The molecule has 0 atom stereocenters. The van der Waals surface area contributed by atoms with Gasteiger partial charge in [-0.1, -0.05) is 6.92 Å². The Balaban J connectivity index is 1.80. The summed E-state index contributed by atoms with van der Waals surface area (Å²) in [6.07, 6.45) is 2.99. The van der Waals surface area contributed by atoms with Crippen LogP contribution < -0.4 is 5.32 Å². The average Bonchev–Trinajstić information content (AvgIpc) is 2.76. The molecule has 2 N–H and O–H groups in total. The fourth-order valence-electron chi connectivity index (χ4n) is 2.38. The Morgan fingerprint density at radius 3 is 2.75 bits per heavy atom. The van der Waals surface area contributed by atoms with Crippen LogP contribution in [0.3, 0.4) is 0 Å². The molecule has 20 heavy (non-hydrogen) atoms. The van der Waals surface area contributed by atoms with Crippen molar-refractivity contribution < 1.29 is 19.1 Å². The highest BCUT2D eigenvalue weighted by Gasteiger charge is 2.35. The Morgan fingerprint density at radius 2 is 2.25 bits per heavy atom. The Labute approximate surface area is 125 Å². The van der Waals surface area contributed by atoms with E-state index in [1.165, 1.54) is 6.26 Å². The summed E-state index contributed by atoms with van der Waals surface area (Å²) in [5.41, 5.74) is 0. The highest BCUT2D eigenvalue weighted by Crippen LogP contribution is 2.26. The van der Waals surface area contributed by atoms with Crippen molar-refractivity contribution in [3.63, 3.8) is 0 Å². The Kier molecular flexibility index (Phi) is 4.82. The molecule has 2 rings (SSSR count). The first-order valence-electron chi connectivity index (χ1n) is 6.51. The third-order valence-corrected chi connectivity index (χ3v) is 4.16. The smallest absolute Gasteiger partial charge is 0.317 e. The average molecular weight is 345 g/mol. The lowest BCUT2D eigenvalue weighted by Gasteiger charge is -2.42. The van der Waals surface area contributed by atoms with Gasteiger partial charge in [-0.15, -0.1) is 0 Å². The van der Waals surface area contributed by atoms with Crippen molar-refractivity contribution in [2.24, 2.45) is 0 Å². The van der Waals surface area contributed by atoms with Gasteiger partial charge in [0.1, 0.15) is 0 Å². The Morgan fingerprint density at radius 1 is 1.55 bits per heavy atom. The summed E-state index contributed by atoms with van der Waals surface area (Å²) in [6, 6.07) is 1.97. The number of amides is 1.